The molecular formula is C14H15ClFN3O. The zero-order valence-electron chi connectivity index (χ0n) is 11.2. The molecule has 0 amide bonds. The van der Waals surface area contributed by atoms with E-state index < -0.39 is 5.82 Å². The number of hydrogen-bond donors (Lipinski definition) is 1. The number of ether oxygens (including phenoxy) is 1. The Kier molecular flexibility index (Phi) is 4.87. The molecule has 2 aromatic rings. The number of aromatic nitrogens is 2. The lowest BCUT2D eigenvalue weighted by Gasteiger charge is -2.17. The van der Waals surface area contributed by atoms with Crippen molar-refractivity contribution < 1.29 is 9.13 Å². The van der Waals surface area contributed by atoms with Gasteiger partial charge in [0.15, 0.2) is 0 Å². The molecule has 0 fully saturated rings. The molecule has 1 heterocycles. The highest BCUT2D eigenvalue weighted by Gasteiger charge is 2.19. The first kappa shape index (κ1) is 14.7. The number of nitrogens with one attached hydrogen (secondary N) is 1. The van der Waals surface area contributed by atoms with Crippen molar-refractivity contribution in [2.24, 2.45) is 0 Å². The van der Waals surface area contributed by atoms with Gasteiger partial charge in [0.2, 0.25) is 5.88 Å². The average molecular weight is 296 g/mol. The van der Waals surface area contributed by atoms with Crippen LogP contribution in [0.5, 0.6) is 5.88 Å². The van der Waals surface area contributed by atoms with Crippen molar-refractivity contribution in [2.75, 3.05) is 14.2 Å². The van der Waals surface area contributed by atoms with Gasteiger partial charge < -0.3 is 10.1 Å². The molecule has 1 atom stereocenters. The van der Waals surface area contributed by atoms with Gasteiger partial charge in [0.05, 0.1) is 18.2 Å². The SMILES string of the molecule is CNC(Cc1cccc(Cl)c1F)c1nccnc1OC. The maximum Gasteiger partial charge on any atom is 0.237 e. The molecule has 0 radical (unpaired) electrons. The average Bonchev–Trinajstić information content (AvgIpc) is 2.49. The monoisotopic (exact) mass is 295 g/mol. The van der Waals surface area contributed by atoms with E-state index in [2.05, 4.69) is 15.3 Å². The Bertz CT molecular complexity index is 594. The van der Waals surface area contributed by atoms with Crippen LogP contribution in [0.1, 0.15) is 17.3 Å². The van der Waals surface area contributed by atoms with Gasteiger partial charge in [-0.3, -0.25) is 4.98 Å². The van der Waals surface area contributed by atoms with Crippen LogP contribution in [0.4, 0.5) is 4.39 Å². The van der Waals surface area contributed by atoms with Crippen LogP contribution < -0.4 is 10.1 Å². The topological polar surface area (TPSA) is 47.0 Å². The van der Waals surface area contributed by atoms with Gasteiger partial charge in [0.1, 0.15) is 11.5 Å². The van der Waals surface area contributed by atoms with Gasteiger partial charge in [-0.15, -0.1) is 0 Å². The number of nitrogens with zero attached hydrogens (tertiary/aromatic N) is 2. The largest absolute Gasteiger partial charge is 0.480 e. The predicted octanol–water partition coefficient (Wildman–Crippen LogP) is 2.78. The zero-order chi connectivity index (χ0) is 14.5. The van der Waals surface area contributed by atoms with Crippen molar-refractivity contribution in [3.63, 3.8) is 0 Å². The van der Waals surface area contributed by atoms with Gasteiger partial charge in [-0.1, -0.05) is 23.7 Å². The summed E-state index contributed by atoms with van der Waals surface area (Å²) in [6.45, 7) is 0. The van der Waals surface area contributed by atoms with Crippen LogP contribution in [0.15, 0.2) is 30.6 Å². The van der Waals surface area contributed by atoms with E-state index in [1.165, 1.54) is 13.2 Å². The number of benzene rings is 1. The Labute approximate surface area is 122 Å². The smallest absolute Gasteiger partial charge is 0.237 e. The summed E-state index contributed by atoms with van der Waals surface area (Å²) in [6, 6.07) is 4.74. The van der Waals surface area contributed by atoms with Gasteiger partial charge in [-0.05, 0) is 25.1 Å². The lowest BCUT2D eigenvalue weighted by Crippen LogP contribution is -2.21. The molecule has 0 aliphatic rings. The minimum Gasteiger partial charge on any atom is -0.480 e. The number of hydrogen-bond acceptors (Lipinski definition) is 4. The molecular weight excluding hydrogens is 281 g/mol. The Morgan fingerprint density at radius 3 is 2.80 bits per heavy atom. The first-order valence-corrected chi connectivity index (χ1v) is 6.50. The summed E-state index contributed by atoms with van der Waals surface area (Å²) >= 11 is 5.80. The van der Waals surface area contributed by atoms with Crippen LogP contribution in [-0.2, 0) is 6.42 Å². The summed E-state index contributed by atoms with van der Waals surface area (Å²) < 4.78 is 19.2. The first-order chi connectivity index (χ1) is 9.67. The first-order valence-electron chi connectivity index (χ1n) is 6.12. The molecule has 0 aliphatic heterocycles. The molecule has 106 valence electrons. The van der Waals surface area contributed by atoms with E-state index in [0.717, 1.165) is 0 Å². The minimum absolute atomic E-state index is 0.114. The summed E-state index contributed by atoms with van der Waals surface area (Å²) in [6.07, 6.45) is 3.53. The van der Waals surface area contributed by atoms with Gasteiger partial charge in [-0.25, -0.2) is 9.37 Å². The Morgan fingerprint density at radius 2 is 2.10 bits per heavy atom. The second-order valence-electron chi connectivity index (χ2n) is 4.21. The van der Waals surface area contributed by atoms with E-state index in [0.29, 0.717) is 23.6 Å². The van der Waals surface area contributed by atoms with Crippen molar-refractivity contribution in [3.8, 4) is 5.88 Å². The van der Waals surface area contributed by atoms with Crippen molar-refractivity contribution in [3.05, 3.63) is 52.7 Å². The molecule has 6 heteroatoms. The quantitative estimate of drug-likeness (QED) is 0.921. The molecule has 20 heavy (non-hydrogen) atoms. The fraction of sp³-hybridized carbons (Fsp3) is 0.286. The molecule has 4 nitrogen and oxygen atoms in total. The van der Waals surface area contributed by atoms with Crippen molar-refractivity contribution in [1.82, 2.24) is 15.3 Å². The standard InChI is InChI=1S/C14H15ClFN3O/c1-17-11(13-14(20-2)19-7-6-18-13)8-9-4-3-5-10(15)12(9)16/h3-7,11,17H,8H2,1-2H3. The molecule has 0 spiro atoms. The van der Waals surface area contributed by atoms with E-state index in [9.17, 15) is 4.39 Å². The van der Waals surface area contributed by atoms with Crippen molar-refractivity contribution >= 4 is 11.6 Å². The third-order valence-corrected chi connectivity index (χ3v) is 3.31. The fourth-order valence-electron chi connectivity index (χ4n) is 1.99. The lowest BCUT2D eigenvalue weighted by atomic mass is 10.0. The van der Waals surface area contributed by atoms with Gasteiger partial charge in [0.25, 0.3) is 0 Å². The normalized spacial score (nSPS) is 12.2. The minimum atomic E-state index is -0.405. The number of halogens is 2. The summed E-state index contributed by atoms with van der Waals surface area (Å²) in [5.41, 5.74) is 1.15. The summed E-state index contributed by atoms with van der Waals surface area (Å²) in [5.74, 6) is 0.0200. The maximum absolute atomic E-state index is 14.0. The van der Waals surface area contributed by atoms with Crippen LogP contribution in [-0.4, -0.2) is 24.1 Å². The van der Waals surface area contributed by atoms with Gasteiger partial charge >= 0.3 is 0 Å². The van der Waals surface area contributed by atoms with Crippen molar-refractivity contribution in [2.45, 2.75) is 12.5 Å². The molecule has 1 aromatic carbocycles. The Morgan fingerprint density at radius 1 is 1.35 bits per heavy atom. The molecule has 2 rings (SSSR count). The Hall–Kier alpha value is -1.72. The van der Waals surface area contributed by atoms with Gasteiger partial charge in [0, 0.05) is 12.4 Å². The van der Waals surface area contributed by atoms with E-state index >= 15 is 0 Å². The second-order valence-corrected chi connectivity index (χ2v) is 4.62. The van der Waals surface area contributed by atoms with E-state index in [-0.39, 0.29) is 11.1 Å². The van der Waals surface area contributed by atoms with Gasteiger partial charge in [-0.2, -0.15) is 0 Å². The van der Waals surface area contributed by atoms with E-state index in [4.69, 9.17) is 16.3 Å². The second kappa shape index (κ2) is 6.63. The summed E-state index contributed by atoms with van der Waals surface area (Å²) in [7, 11) is 3.31. The van der Waals surface area contributed by atoms with Crippen LogP contribution in [0.2, 0.25) is 5.02 Å². The van der Waals surface area contributed by atoms with Crippen LogP contribution in [0, 0.1) is 5.82 Å². The fourth-order valence-corrected chi connectivity index (χ4v) is 2.19. The van der Waals surface area contributed by atoms with Crippen LogP contribution >= 0.6 is 11.6 Å². The molecule has 0 aliphatic carbocycles. The van der Waals surface area contributed by atoms with E-state index in [1.54, 1.807) is 31.6 Å². The highest BCUT2D eigenvalue weighted by atomic mass is 35.5. The third kappa shape index (κ3) is 3.05. The summed E-state index contributed by atoms with van der Waals surface area (Å²) in [5, 5.41) is 3.21. The molecule has 0 bridgehead atoms. The molecule has 0 saturated carbocycles. The maximum atomic E-state index is 14.0. The zero-order valence-corrected chi connectivity index (χ0v) is 12.0. The van der Waals surface area contributed by atoms with Crippen molar-refractivity contribution in [1.29, 1.82) is 0 Å². The van der Waals surface area contributed by atoms with Crippen LogP contribution in [0.25, 0.3) is 0 Å². The Balaban J connectivity index is 2.31. The third-order valence-electron chi connectivity index (χ3n) is 3.02. The molecule has 0 saturated heterocycles. The number of likely N-dealkylation sites (N-methyl/N-ethyl adjacent to an activating group) is 1. The predicted molar refractivity (Wildman–Crippen MR) is 75.5 cm³/mol. The lowest BCUT2D eigenvalue weighted by molar-refractivity contribution is 0.379. The number of methoxy groups -OCH3 is 1. The highest BCUT2D eigenvalue weighted by molar-refractivity contribution is 6.30. The summed E-state index contributed by atoms with van der Waals surface area (Å²) in [4.78, 5) is 8.37. The molecule has 1 unspecified atom stereocenters. The van der Waals surface area contributed by atoms with E-state index in [1.807, 2.05) is 0 Å². The molecule has 1 N–H and O–H groups in total. The number of rotatable bonds is 5. The van der Waals surface area contributed by atoms with Crippen LogP contribution in [0.3, 0.4) is 0 Å². The highest BCUT2D eigenvalue weighted by Crippen LogP contribution is 2.26. The molecule has 1 aromatic heterocycles.